The number of carbonyl (C=O) groups excluding carboxylic acids is 1. The molecular weight excluding hydrogens is 240 g/mol. The second-order valence-electron chi connectivity index (χ2n) is 3.54. The molecule has 1 heterocycles. The van der Waals surface area contributed by atoms with Crippen LogP contribution in [0.2, 0.25) is 0 Å². The molecular formula is C11H10N2O3S. The monoisotopic (exact) mass is 250 g/mol. The van der Waals surface area contributed by atoms with Crippen LogP contribution in [-0.4, -0.2) is 40.5 Å². The molecule has 17 heavy (non-hydrogen) atoms. The molecule has 0 aliphatic heterocycles. The van der Waals surface area contributed by atoms with Crippen molar-refractivity contribution < 1.29 is 14.7 Å². The molecule has 88 valence electrons. The summed E-state index contributed by atoms with van der Waals surface area (Å²) in [5.74, 6) is -1.41. The zero-order valence-electron chi connectivity index (χ0n) is 9.08. The predicted molar refractivity (Wildman–Crippen MR) is 64.2 cm³/mol. The van der Waals surface area contributed by atoms with E-state index in [1.54, 1.807) is 0 Å². The number of rotatable bonds is 3. The van der Waals surface area contributed by atoms with E-state index in [4.69, 9.17) is 5.11 Å². The predicted octanol–water partition coefficient (Wildman–Crippen LogP) is 1.45. The molecule has 5 nitrogen and oxygen atoms in total. The number of carboxylic acid groups (broad SMARTS) is 1. The summed E-state index contributed by atoms with van der Waals surface area (Å²) in [6.07, 6.45) is 0. The SMILES string of the molecule is CN(CC(=O)O)C(=O)c1nc2ccccc2s1. The number of amides is 1. The van der Waals surface area contributed by atoms with Gasteiger partial charge in [-0.1, -0.05) is 12.1 Å². The molecule has 0 saturated carbocycles. The second-order valence-corrected chi connectivity index (χ2v) is 4.57. The second kappa shape index (κ2) is 4.50. The van der Waals surface area contributed by atoms with Crippen LogP contribution in [0.4, 0.5) is 0 Å². The van der Waals surface area contributed by atoms with E-state index in [1.165, 1.54) is 18.4 Å². The van der Waals surface area contributed by atoms with Gasteiger partial charge in [-0.2, -0.15) is 0 Å². The number of likely N-dealkylation sites (N-methyl/N-ethyl adjacent to an activating group) is 1. The zero-order chi connectivity index (χ0) is 12.4. The number of hydrogen-bond acceptors (Lipinski definition) is 4. The number of hydrogen-bond donors (Lipinski definition) is 1. The first-order valence-corrected chi connectivity index (χ1v) is 5.72. The van der Waals surface area contributed by atoms with Crippen LogP contribution in [0.3, 0.4) is 0 Å². The molecule has 0 radical (unpaired) electrons. The summed E-state index contributed by atoms with van der Waals surface area (Å²) in [7, 11) is 1.45. The molecule has 6 heteroatoms. The smallest absolute Gasteiger partial charge is 0.323 e. The van der Waals surface area contributed by atoms with Crippen molar-refractivity contribution in [2.24, 2.45) is 0 Å². The molecule has 0 aliphatic rings. The van der Waals surface area contributed by atoms with Gasteiger partial charge in [-0.05, 0) is 12.1 Å². The number of thiazole rings is 1. The van der Waals surface area contributed by atoms with E-state index < -0.39 is 5.97 Å². The van der Waals surface area contributed by atoms with Crippen molar-refractivity contribution in [2.75, 3.05) is 13.6 Å². The quantitative estimate of drug-likeness (QED) is 0.895. The van der Waals surface area contributed by atoms with Crippen LogP contribution in [-0.2, 0) is 4.79 Å². The van der Waals surface area contributed by atoms with Gasteiger partial charge in [-0.3, -0.25) is 9.59 Å². The molecule has 1 amide bonds. The molecule has 0 spiro atoms. The molecule has 1 aromatic heterocycles. The minimum Gasteiger partial charge on any atom is -0.480 e. The maximum atomic E-state index is 11.9. The van der Waals surface area contributed by atoms with Gasteiger partial charge in [0.2, 0.25) is 0 Å². The van der Waals surface area contributed by atoms with E-state index >= 15 is 0 Å². The van der Waals surface area contributed by atoms with Gasteiger partial charge in [-0.25, -0.2) is 4.98 Å². The molecule has 0 aliphatic carbocycles. The first-order valence-electron chi connectivity index (χ1n) is 4.91. The molecule has 2 rings (SSSR count). The lowest BCUT2D eigenvalue weighted by atomic mass is 10.3. The Kier molecular flexibility index (Phi) is 3.06. The Hall–Kier alpha value is -1.95. The van der Waals surface area contributed by atoms with Crippen molar-refractivity contribution in [1.82, 2.24) is 9.88 Å². The lowest BCUT2D eigenvalue weighted by Crippen LogP contribution is -2.31. The van der Waals surface area contributed by atoms with Gasteiger partial charge < -0.3 is 10.0 Å². The normalized spacial score (nSPS) is 10.4. The van der Waals surface area contributed by atoms with Gasteiger partial charge in [0.25, 0.3) is 5.91 Å². The minimum absolute atomic E-state index is 0.315. The lowest BCUT2D eigenvalue weighted by Gasteiger charge is -2.11. The molecule has 0 saturated heterocycles. The van der Waals surface area contributed by atoms with Gasteiger partial charge in [0.1, 0.15) is 6.54 Å². The van der Waals surface area contributed by atoms with E-state index in [1.807, 2.05) is 24.3 Å². The van der Waals surface area contributed by atoms with Crippen LogP contribution in [0.5, 0.6) is 0 Å². The highest BCUT2D eigenvalue weighted by molar-refractivity contribution is 7.20. The summed E-state index contributed by atoms with van der Waals surface area (Å²) in [5.41, 5.74) is 0.754. The number of carboxylic acids is 1. The number of benzene rings is 1. The Morgan fingerprint density at radius 2 is 2.12 bits per heavy atom. The molecule has 1 aromatic carbocycles. The average molecular weight is 250 g/mol. The maximum absolute atomic E-state index is 11.9. The van der Waals surface area contributed by atoms with Gasteiger partial charge in [0.15, 0.2) is 5.01 Å². The third-order valence-corrected chi connectivity index (χ3v) is 3.22. The summed E-state index contributed by atoms with van der Waals surface area (Å²) >= 11 is 1.27. The average Bonchev–Trinajstić information content (AvgIpc) is 2.70. The summed E-state index contributed by atoms with van der Waals surface area (Å²) in [4.78, 5) is 27.7. The fourth-order valence-corrected chi connectivity index (χ4v) is 2.36. The van der Waals surface area contributed by atoms with Crippen molar-refractivity contribution in [1.29, 1.82) is 0 Å². The summed E-state index contributed by atoms with van der Waals surface area (Å²) in [5, 5.41) is 8.92. The van der Waals surface area contributed by atoms with Crippen molar-refractivity contribution in [3.05, 3.63) is 29.3 Å². The summed E-state index contributed by atoms with van der Waals surface area (Å²) in [6, 6.07) is 7.41. The number of aliphatic carboxylic acids is 1. The highest BCUT2D eigenvalue weighted by Gasteiger charge is 2.18. The number of nitrogens with zero attached hydrogens (tertiary/aromatic N) is 2. The highest BCUT2D eigenvalue weighted by atomic mass is 32.1. The van der Waals surface area contributed by atoms with Crippen molar-refractivity contribution >= 4 is 33.4 Å². The van der Waals surface area contributed by atoms with E-state index in [0.717, 1.165) is 15.1 Å². The number of fused-ring (bicyclic) bond motifs is 1. The standard InChI is InChI=1S/C11H10N2O3S/c1-13(6-9(14)15)11(16)10-12-7-4-2-3-5-8(7)17-10/h2-5H,6H2,1H3,(H,14,15). The largest absolute Gasteiger partial charge is 0.480 e. The van der Waals surface area contributed by atoms with E-state index in [0.29, 0.717) is 5.01 Å². The van der Waals surface area contributed by atoms with Gasteiger partial charge in [0.05, 0.1) is 10.2 Å². The molecule has 0 bridgehead atoms. The number of para-hydroxylation sites is 1. The Bertz CT molecular complexity index is 546. The molecule has 0 fully saturated rings. The number of aromatic nitrogens is 1. The van der Waals surface area contributed by atoms with Gasteiger partial charge >= 0.3 is 5.97 Å². The summed E-state index contributed by atoms with van der Waals surface area (Å²) < 4.78 is 0.916. The fraction of sp³-hybridized carbons (Fsp3) is 0.182. The molecule has 0 unspecified atom stereocenters. The van der Waals surface area contributed by atoms with Crippen molar-refractivity contribution in [3.8, 4) is 0 Å². The Labute approximate surface area is 101 Å². The first-order chi connectivity index (χ1) is 8.08. The third-order valence-electron chi connectivity index (χ3n) is 2.20. The zero-order valence-corrected chi connectivity index (χ0v) is 9.90. The molecule has 2 aromatic rings. The minimum atomic E-state index is -1.04. The fourth-order valence-electron chi connectivity index (χ4n) is 1.40. The third kappa shape index (κ3) is 2.42. The van der Waals surface area contributed by atoms with Crippen LogP contribution < -0.4 is 0 Å². The molecule has 1 N–H and O–H groups in total. The van der Waals surface area contributed by atoms with E-state index in [2.05, 4.69) is 4.98 Å². The Balaban J connectivity index is 2.27. The summed E-state index contributed by atoms with van der Waals surface area (Å²) in [6.45, 7) is -0.325. The van der Waals surface area contributed by atoms with E-state index in [-0.39, 0.29) is 12.5 Å². The van der Waals surface area contributed by atoms with Gasteiger partial charge in [0, 0.05) is 7.05 Å². The topological polar surface area (TPSA) is 70.5 Å². The lowest BCUT2D eigenvalue weighted by molar-refractivity contribution is -0.137. The van der Waals surface area contributed by atoms with Crippen LogP contribution in [0, 0.1) is 0 Å². The Morgan fingerprint density at radius 3 is 2.76 bits per heavy atom. The number of carbonyl (C=O) groups is 2. The van der Waals surface area contributed by atoms with Gasteiger partial charge in [-0.15, -0.1) is 11.3 Å². The Morgan fingerprint density at radius 1 is 1.41 bits per heavy atom. The van der Waals surface area contributed by atoms with E-state index in [9.17, 15) is 9.59 Å². The van der Waals surface area contributed by atoms with Crippen LogP contribution in [0.25, 0.3) is 10.2 Å². The van der Waals surface area contributed by atoms with Crippen LogP contribution in [0.15, 0.2) is 24.3 Å². The van der Waals surface area contributed by atoms with Crippen LogP contribution >= 0.6 is 11.3 Å². The maximum Gasteiger partial charge on any atom is 0.323 e. The van der Waals surface area contributed by atoms with Crippen molar-refractivity contribution in [3.63, 3.8) is 0 Å². The van der Waals surface area contributed by atoms with Crippen LogP contribution in [0.1, 0.15) is 9.80 Å². The highest BCUT2D eigenvalue weighted by Crippen LogP contribution is 2.22. The first kappa shape index (κ1) is 11.5. The van der Waals surface area contributed by atoms with Crippen molar-refractivity contribution in [2.45, 2.75) is 0 Å². The molecule has 0 atom stereocenters.